The molecule has 0 aliphatic heterocycles. The zero-order chi connectivity index (χ0) is 27.4. The van der Waals surface area contributed by atoms with Crippen molar-refractivity contribution in [2.75, 3.05) is 0 Å². The van der Waals surface area contributed by atoms with Crippen molar-refractivity contribution in [1.29, 1.82) is 0 Å². The molecule has 3 nitrogen and oxygen atoms in total. The van der Waals surface area contributed by atoms with E-state index >= 15 is 0 Å². The van der Waals surface area contributed by atoms with Gasteiger partial charge in [0.05, 0.1) is 16.6 Å². The van der Waals surface area contributed by atoms with Crippen molar-refractivity contribution in [3.8, 4) is 11.1 Å². The molecule has 4 heteroatoms. The summed E-state index contributed by atoms with van der Waals surface area (Å²) in [5.41, 5.74) is 6.41. The molecule has 0 radical (unpaired) electrons. The molecule has 6 aromatic carbocycles. The van der Waals surface area contributed by atoms with Gasteiger partial charge in [-0.3, -0.25) is 4.40 Å². The molecule has 0 amide bonds. The Labute approximate surface area is 237 Å². The lowest BCUT2D eigenvalue weighted by molar-refractivity contribution is 0.592. The molecule has 194 valence electrons. The number of rotatable bonds is 4. The molecule has 8 rings (SSSR count). The van der Waals surface area contributed by atoms with Gasteiger partial charge in [-0.05, 0) is 40.8 Å². The fourth-order valence-corrected chi connectivity index (χ4v) is 8.72. The molecular formula is C37H25N2OP. The molecule has 41 heavy (non-hydrogen) atoms. The van der Waals surface area contributed by atoms with Crippen LogP contribution in [0.3, 0.4) is 0 Å². The van der Waals surface area contributed by atoms with E-state index in [1.165, 1.54) is 10.8 Å². The van der Waals surface area contributed by atoms with E-state index < -0.39 is 7.14 Å². The van der Waals surface area contributed by atoms with Gasteiger partial charge >= 0.3 is 0 Å². The number of fused-ring (bicyclic) bond motifs is 8. The molecule has 0 fully saturated rings. The van der Waals surface area contributed by atoms with Crippen molar-refractivity contribution >= 4 is 61.4 Å². The lowest BCUT2D eigenvalue weighted by Gasteiger charge is -2.20. The van der Waals surface area contributed by atoms with E-state index in [2.05, 4.69) is 77.2 Å². The number of para-hydroxylation sites is 2. The first-order valence-electron chi connectivity index (χ1n) is 13.8. The Morgan fingerprint density at radius 1 is 0.463 bits per heavy atom. The SMILES string of the molecule is O=P(c1ccccc1)(c1ccccc1)c1ccc(-c2ccc3c(c2)c2ccccc2c2nc4ccccc4n32)cc1. The van der Waals surface area contributed by atoms with Crippen LogP contribution in [0.25, 0.3) is 49.5 Å². The van der Waals surface area contributed by atoms with Gasteiger partial charge < -0.3 is 4.57 Å². The van der Waals surface area contributed by atoms with Gasteiger partial charge in [-0.25, -0.2) is 4.98 Å². The van der Waals surface area contributed by atoms with Crippen molar-refractivity contribution in [3.05, 3.63) is 152 Å². The van der Waals surface area contributed by atoms with Crippen LogP contribution in [-0.4, -0.2) is 9.38 Å². The normalized spacial score (nSPS) is 12.0. The van der Waals surface area contributed by atoms with Crippen LogP contribution < -0.4 is 15.9 Å². The third kappa shape index (κ3) is 3.67. The summed E-state index contributed by atoms with van der Waals surface area (Å²) in [4.78, 5) is 4.99. The highest BCUT2D eigenvalue weighted by Crippen LogP contribution is 2.43. The number of imidazole rings is 1. The van der Waals surface area contributed by atoms with Gasteiger partial charge in [0, 0.05) is 26.7 Å². The molecule has 0 bridgehead atoms. The third-order valence-corrected chi connectivity index (χ3v) is 11.1. The standard InChI is InChI=1S/C37H25N2OP/c40-41(28-11-3-1-4-12-28,29-13-5-2-6-14-29)30-22-19-26(20-23-30)27-21-24-35-33(25-27)31-15-7-8-16-32(31)37-38-34-17-9-10-18-36(34)39(35)37/h1-25H. The smallest absolute Gasteiger partial charge is 0.171 e. The number of aromatic nitrogens is 2. The minimum absolute atomic E-state index is 0.830. The first-order valence-corrected chi connectivity index (χ1v) is 15.5. The maximum atomic E-state index is 14.8. The van der Waals surface area contributed by atoms with Crippen LogP contribution >= 0.6 is 7.14 Å². The molecule has 0 aliphatic carbocycles. The zero-order valence-electron chi connectivity index (χ0n) is 22.2. The van der Waals surface area contributed by atoms with Gasteiger partial charge in [0.2, 0.25) is 0 Å². The van der Waals surface area contributed by atoms with Gasteiger partial charge in [-0.2, -0.15) is 0 Å². The molecule has 0 saturated heterocycles. The second kappa shape index (κ2) is 9.30. The number of nitrogens with zero attached hydrogens (tertiary/aromatic N) is 2. The topological polar surface area (TPSA) is 34.4 Å². The Balaban J connectivity index is 1.30. The maximum absolute atomic E-state index is 14.8. The molecule has 0 aliphatic rings. The van der Waals surface area contributed by atoms with E-state index in [-0.39, 0.29) is 0 Å². The average Bonchev–Trinajstić information content (AvgIpc) is 3.45. The van der Waals surface area contributed by atoms with Crippen LogP contribution in [0.4, 0.5) is 0 Å². The first kappa shape index (κ1) is 23.9. The van der Waals surface area contributed by atoms with Gasteiger partial charge in [-0.1, -0.05) is 127 Å². The average molecular weight is 545 g/mol. The summed E-state index contributed by atoms with van der Waals surface area (Å²) in [5.74, 6) is 0. The molecule has 0 unspecified atom stereocenters. The molecule has 8 aromatic rings. The largest absolute Gasteiger partial charge is 0.309 e. The van der Waals surface area contributed by atoms with E-state index in [9.17, 15) is 4.57 Å². The fraction of sp³-hybridized carbons (Fsp3) is 0. The molecule has 2 aromatic heterocycles. The van der Waals surface area contributed by atoms with Gasteiger partial charge in [-0.15, -0.1) is 0 Å². The summed E-state index contributed by atoms with van der Waals surface area (Å²) in [6.07, 6.45) is 0. The zero-order valence-corrected chi connectivity index (χ0v) is 23.1. The minimum atomic E-state index is -3.01. The quantitative estimate of drug-likeness (QED) is 0.166. The minimum Gasteiger partial charge on any atom is -0.309 e. The second-order valence-electron chi connectivity index (χ2n) is 10.4. The van der Waals surface area contributed by atoms with E-state index in [1.54, 1.807) is 0 Å². The number of hydrogen-bond acceptors (Lipinski definition) is 2. The summed E-state index contributed by atoms with van der Waals surface area (Å²) < 4.78 is 17.1. The highest BCUT2D eigenvalue weighted by Gasteiger charge is 2.29. The van der Waals surface area contributed by atoms with Gasteiger partial charge in [0.15, 0.2) is 7.14 Å². The second-order valence-corrected chi connectivity index (χ2v) is 13.1. The third-order valence-electron chi connectivity index (χ3n) is 8.06. The predicted molar refractivity (Wildman–Crippen MR) is 173 cm³/mol. The van der Waals surface area contributed by atoms with E-state index in [0.717, 1.165) is 54.6 Å². The Bertz CT molecular complexity index is 2230. The Morgan fingerprint density at radius 3 is 1.73 bits per heavy atom. The monoisotopic (exact) mass is 544 g/mol. The highest BCUT2D eigenvalue weighted by molar-refractivity contribution is 7.85. The summed E-state index contributed by atoms with van der Waals surface area (Å²) >= 11 is 0. The van der Waals surface area contributed by atoms with Crippen molar-refractivity contribution in [2.45, 2.75) is 0 Å². The van der Waals surface area contributed by atoms with Crippen molar-refractivity contribution in [3.63, 3.8) is 0 Å². The van der Waals surface area contributed by atoms with Crippen LogP contribution in [0, 0.1) is 0 Å². The van der Waals surface area contributed by atoms with Crippen molar-refractivity contribution in [2.24, 2.45) is 0 Å². The number of pyridine rings is 1. The summed E-state index contributed by atoms with van der Waals surface area (Å²) in [6, 6.07) is 51.4. The Kier molecular flexibility index (Phi) is 5.41. The molecule has 0 atom stereocenters. The number of hydrogen-bond donors (Lipinski definition) is 0. The first-order chi connectivity index (χ1) is 20.2. The maximum Gasteiger partial charge on any atom is 0.171 e. The van der Waals surface area contributed by atoms with Crippen LogP contribution in [-0.2, 0) is 4.57 Å². The Hall–Kier alpha value is -4.98. The van der Waals surface area contributed by atoms with Crippen molar-refractivity contribution in [1.82, 2.24) is 9.38 Å². The highest BCUT2D eigenvalue weighted by atomic mass is 31.2. The predicted octanol–water partition coefficient (Wildman–Crippen LogP) is 8.10. The van der Waals surface area contributed by atoms with Gasteiger partial charge in [0.1, 0.15) is 5.65 Å². The number of benzene rings is 6. The lowest BCUT2D eigenvalue weighted by Crippen LogP contribution is -2.24. The van der Waals surface area contributed by atoms with E-state index in [4.69, 9.17) is 4.98 Å². The Morgan fingerprint density at radius 2 is 1.02 bits per heavy atom. The van der Waals surface area contributed by atoms with Crippen LogP contribution in [0.2, 0.25) is 0 Å². The lowest BCUT2D eigenvalue weighted by atomic mass is 10.00. The summed E-state index contributed by atoms with van der Waals surface area (Å²) in [5, 5.41) is 6.01. The van der Waals surface area contributed by atoms with Crippen LogP contribution in [0.15, 0.2) is 152 Å². The summed E-state index contributed by atoms with van der Waals surface area (Å²) in [7, 11) is -3.01. The van der Waals surface area contributed by atoms with E-state index in [0.29, 0.717) is 0 Å². The van der Waals surface area contributed by atoms with Crippen molar-refractivity contribution < 1.29 is 4.57 Å². The molecule has 0 spiro atoms. The molecular weight excluding hydrogens is 519 g/mol. The summed E-state index contributed by atoms with van der Waals surface area (Å²) in [6.45, 7) is 0. The van der Waals surface area contributed by atoms with Gasteiger partial charge in [0.25, 0.3) is 0 Å². The fourth-order valence-electron chi connectivity index (χ4n) is 6.08. The van der Waals surface area contributed by atoms with Crippen LogP contribution in [0.1, 0.15) is 0 Å². The molecule has 2 heterocycles. The molecule has 0 N–H and O–H groups in total. The van der Waals surface area contributed by atoms with Crippen LogP contribution in [0.5, 0.6) is 0 Å². The van der Waals surface area contributed by atoms with E-state index in [1.807, 2.05) is 78.9 Å². The molecule has 0 saturated carbocycles.